The van der Waals surface area contributed by atoms with Gasteiger partial charge in [0.05, 0.1) is 12.6 Å². The van der Waals surface area contributed by atoms with E-state index in [4.69, 9.17) is 4.74 Å². The zero-order valence-corrected chi connectivity index (χ0v) is 10.8. The van der Waals surface area contributed by atoms with E-state index in [1.165, 1.54) is 11.9 Å². The largest absolute Gasteiger partial charge is 0.465 e. The van der Waals surface area contributed by atoms with Crippen molar-refractivity contribution in [3.05, 3.63) is 35.9 Å². The van der Waals surface area contributed by atoms with Crippen LogP contribution >= 0.6 is 0 Å². The van der Waals surface area contributed by atoms with Crippen LogP contribution < -0.4 is 0 Å². The van der Waals surface area contributed by atoms with Crippen molar-refractivity contribution in [1.82, 2.24) is 4.90 Å². The second kappa shape index (κ2) is 5.22. The monoisotopic (exact) mass is 261 g/mol. The molecule has 100 valence electrons. The fourth-order valence-corrected chi connectivity index (χ4v) is 2.33. The number of carbonyl (C=O) groups is 3. The van der Waals surface area contributed by atoms with Crippen molar-refractivity contribution in [2.75, 3.05) is 13.7 Å². The molecule has 0 unspecified atom stereocenters. The number of carbonyl (C=O) groups excluding carboxylic acids is 3. The van der Waals surface area contributed by atoms with Crippen molar-refractivity contribution >= 4 is 17.7 Å². The van der Waals surface area contributed by atoms with Gasteiger partial charge in [-0.25, -0.2) is 0 Å². The van der Waals surface area contributed by atoms with Crippen molar-refractivity contribution < 1.29 is 19.1 Å². The molecule has 1 amide bonds. The number of hydrogen-bond donors (Lipinski definition) is 0. The first-order chi connectivity index (χ1) is 9.07. The minimum atomic E-state index is -1.07. The van der Waals surface area contributed by atoms with E-state index in [1.807, 2.05) is 6.07 Å². The Morgan fingerprint density at radius 2 is 1.89 bits per heavy atom. The van der Waals surface area contributed by atoms with Crippen LogP contribution in [0.1, 0.15) is 18.5 Å². The predicted octanol–water partition coefficient (Wildman–Crippen LogP) is 0.948. The van der Waals surface area contributed by atoms with Gasteiger partial charge in [-0.1, -0.05) is 30.3 Å². The van der Waals surface area contributed by atoms with Gasteiger partial charge in [0.2, 0.25) is 5.78 Å². The van der Waals surface area contributed by atoms with E-state index in [0.29, 0.717) is 0 Å². The number of ketones is 1. The van der Waals surface area contributed by atoms with Gasteiger partial charge < -0.3 is 9.64 Å². The summed E-state index contributed by atoms with van der Waals surface area (Å²) in [6.45, 7) is 1.85. The van der Waals surface area contributed by atoms with E-state index >= 15 is 0 Å². The van der Waals surface area contributed by atoms with E-state index in [1.54, 1.807) is 31.2 Å². The van der Waals surface area contributed by atoms with Crippen LogP contribution in [0.5, 0.6) is 0 Å². The van der Waals surface area contributed by atoms with E-state index in [-0.39, 0.29) is 6.61 Å². The van der Waals surface area contributed by atoms with Gasteiger partial charge in [0.25, 0.3) is 5.91 Å². The highest BCUT2D eigenvalue weighted by Crippen LogP contribution is 2.35. The van der Waals surface area contributed by atoms with Crippen molar-refractivity contribution in [2.24, 2.45) is 5.92 Å². The summed E-state index contributed by atoms with van der Waals surface area (Å²) in [5, 5.41) is 0. The normalized spacial score (nSPS) is 22.7. The van der Waals surface area contributed by atoms with Crippen molar-refractivity contribution in [3.63, 3.8) is 0 Å². The number of esters is 1. The first-order valence-corrected chi connectivity index (χ1v) is 6.10. The third kappa shape index (κ3) is 2.23. The second-order valence-electron chi connectivity index (χ2n) is 4.37. The SMILES string of the molecule is CCOC(=O)[C@@H]1C(=O)C(=O)N(C)[C@H]1c1ccccc1. The van der Waals surface area contributed by atoms with Crippen LogP contribution in [-0.4, -0.2) is 36.2 Å². The van der Waals surface area contributed by atoms with Crippen molar-refractivity contribution in [3.8, 4) is 0 Å². The van der Waals surface area contributed by atoms with Crippen LogP contribution in [0.2, 0.25) is 0 Å². The average Bonchev–Trinajstić information content (AvgIpc) is 2.64. The number of rotatable bonds is 3. The van der Waals surface area contributed by atoms with Crippen molar-refractivity contribution in [2.45, 2.75) is 13.0 Å². The molecule has 0 bridgehead atoms. The van der Waals surface area contributed by atoms with Crippen LogP contribution in [0.3, 0.4) is 0 Å². The molecule has 1 aromatic rings. The molecule has 19 heavy (non-hydrogen) atoms. The zero-order valence-electron chi connectivity index (χ0n) is 10.8. The number of likely N-dealkylation sites (tertiary alicyclic amines) is 1. The standard InChI is InChI=1S/C14H15NO4/c1-3-19-14(18)10-11(9-7-5-4-6-8-9)15(2)13(17)12(10)16/h4-8,10-11H,3H2,1-2H3/t10-,11-/m0/s1. The molecule has 1 aliphatic rings. The lowest BCUT2D eigenvalue weighted by Crippen LogP contribution is -2.28. The van der Waals surface area contributed by atoms with Crippen LogP contribution in [0.4, 0.5) is 0 Å². The molecule has 1 aliphatic heterocycles. The Morgan fingerprint density at radius 1 is 1.26 bits per heavy atom. The molecule has 5 nitrogen and oxygen atoms in total. The summed E-state index contributed by atoms with van der Waals surface area (Å²) in [5.41, 5.74) is 0.752. The van der Waals surface area contributed by atoms with Gasteiger partial charge in [0.15, 0.2) is 0 Å². The lowest BCUT2D eigenvalue weighted by atomic mass is 9.93. The van der Waals surface area contributed by atoms with E-state index in [9.17, 15) is 14.4 Å². The highest BCUT2D eigenvalue weighted by atomic mass is 16.5. The van der Waals surface area contributed by atoms with Gasteiger partial charge in [-0.05, 0) is 12.5 Å². The molecule has 2 atom stereocenters. The Kier molecular flexibility index (Phi) is 3.64. The predicted molar refractivity (Wildman–Crippen MR) is 67.1 cm³/mol. The number of Topliss-reactive ketones (excluding diaryl/α,β-unsaturated/α-hetero) is 1. The average molecular weight is 261 g/mol. The molecular weight excluding hydrogens is 246 g/mol. The van der Waals surface area contributed by atoms with Crippen LogP contribution in [0.25, 0.3) is 0 Å². The second-order valence-corrected chi connectivity index (χ2v) is 4.37. The number of hydrogen-bond acceptors (Lipinski definition) is 4. The maximum atomic E-state index is 11.9. The molecule has 0 radical (unpaired) electrons. The summed E-state index contributed by atoms with van der Waals surface area (Å²) in [6, 6.07) is 8.44. The molecule has 0 saturated carbocycles. The Hall–Kier alpha value is -2.17. The highest BCUT2D eigenvalue weighted by molar-refractivity contribution is 6.42. The molecule has 0 aliphatic carbocycles. The molecule has 1 heterocycles. The van der Waals surface area contributed by atoms with E-state index < -0.39 is 29.6 Å². The molecule has 1 saturated heterocycles. The van der Waals surface area contributed by atoms with Crippen LogP contribution in [0.15, 0.2) is 30.3 Å². The molecule has 5 heteroatoms. The molecule has 0 spiro atoms. The fourth-order valence-electron chi connectivity index (χ4n) is 2.33. The summed E-state index contributed by atoms with van der Waals surface area (Å²) in [6.07, 6.45) is 0. The zero-order chi connectivity index (χ0) is 14.0. The Bertz CT molecular complexity index is 511. The summed E-state index contributed by atoms with van der Waals surface area (Å²) in [5.74, 6) is -3.05. The quantitative estimate of drug-likeness (QED) is 0.461. The van der Waals surface area contributed by atoms with E-state index in [0.717, 1.165) is 5.56 Å². The van der Waals surface area contributed by atoms with Gasteiger partial charge in [0, 0.05) is 7.05 Å². The third-order valence-corrected chi connectivity index (χ3v) is 3.23. The number of amides is 1. The van der Waals surface area contributed by atoms with Gasteiger partial charge in [-0.15, -0.1) is 0 Å². The fraction of sp³-hybridized carbons (Fsp3) is 0.357. The lowest BCUT2D eigenvalue weighted by Gasteiger charge is -2.22. The number of benzene rings is 1. The first-order valence-electron chi connectivity index (χ1n) is 6.10. The van der Waals surface area contributed by atoms with Crippen molar-refractivity contribution in [1.29, 1.82) is 0 Å². The van der Waals surface area contributed by atoms with Gasteiger partial charge in [0.1, 0.15) is 5.92 Å². The lowest BCUT2D eigenvalue weighted by molar-refractivity contribution is -0.152. The maximum absolute atomic E-state index is 11.9. The topological polar surface area (TPSA) is 63.7 Å². The van der Waals surface area contributed by atoms with Crippen LogP contribution in [-0.2, 0) is 19.1 Å². The summed E-state index contributed by atoms with van der Waals surface area (Å²) < 4.78 is 4.91. The molecule has 1 fully saturated rings. The number of nitrogens with zero attached hydrogens (tertiary/aromatic N) is 1. The van der Waals surface area contributed by atoms with E-state index in [2.05, 4.69) is 0 Å². The van der Waals surface area contributed by atoms with Gasteiger partial charge in [-0.2, -0.15) is 0 Å². The van der Waals surface area contributed by atoms with Crippen LogP contribution in [0, 0.1) is 5.92 Å². The molecule has 0 N–H and O–H groups in total. The number of ether oxygens (including phenoxy) is 1. The highest BCUT2D eigenvalue weighted by Gasteiger charge is 2.50. The number of likely N-dealkylation sites (N-methyl/N-ethyl adjacent to an activating group) is 1. The Morgan fingerprint density at radius 3 is 2.47 bits per heavy atom. The molecule has 0 aromatic heterocycles. The molecule has 1 aromatic carbocycles. The summed E-state index contributed by atoms with van der Waals surface area (Å²) in [7, 11) is 1.52. The first kappa shape index (κ1) is 13.3. The minimum absolute atomic E-state index is 0.183. The smallest absolute Gasteiger partial charge is 0.319 e. The van der Waals surface area contributed by atoms with Gasteiger partial charge in [-0.3, -0.25) is 14.4 Å². The molecular formula is C14H15NO4. The third-order valence-electron chi connectivity index (χ3n) is 3.23. The Labute approximate surface area is 111 Å². The Balaban J connectivity index is 2.40. The summed E-state index contributed by atoms with van der Waals surface area (Å²) in [4.78, 5) is 36.9. The van der Waals surface area contributed by atoms with Gasteiger partial charge >= 0.3 is 5.97 Å². The molecule has 2 rings (SSSR count). The minimum Gasteiger partial charge on any atom is -0.465 e. The summed E-state index contributed by atoms with van der Waals surface area (Å²) >= 11 is 0. The maximum Gasteiger partial charge on any atom is 0.319 e.